The Morgan fingerprint density at radius 3 is 2.29 bits per heavy atom. The monoisotopic (exact) mass is 289 g/mol. The average molecular weight is 289 g/mol. The van der Waals surface area contributed by atoms with Gasteiger partial charge in [0.1, 0.15) is 5.75 Å². The van der Waals surface area contributed by atoms with Gasteiger partial charge in [0, 0.05) is 13.1 Å². The Hall–Kier alpha value is -1.02. The van der Waals surface area contributed by atoms with Crippen LogP contribution in [0.5, 0.6) is 5.75 Å². The molecule has 0 bridgehead atoms. The molecule has 1 fully saturated rings. The van der Waals surface area contributed by atoms with E-state index in [1.165, 1.54) is 18.4 Å². The van der Waals surface area contributed by atoms with Gasteiger partial charge in [0.15, 0.2) is 0 Å². The summed E-state index contributed by atoms with van der Waals surface area (Å²) in [4.78, 5) is 0. The van der Waals surface area contributed by atoms with Crippen LogP contribution in [-0.2, 0) is 6.54 Å². The van der Waals surface area contributed by atoms with Crippen LogP contribution in [0, 0.1) is 17.3 Å². The molecule has 1 N–H and O–H groups in total. The molecule has 1 aromatic rings. The van der Waals surface area contributed by atoms with E-state index < -0.39 is 0 Å². The summed E-state index contributed by atoms with van der Waals surface area (Å²) in [7, 11) is 0. The van der Waals surface area contributed by atoms with Gasteiger partial charge in [-0.3, -0.25) is 0 Å². The van der Waals surface area contributed by atoms with Crippen molar-refractivity contribution in [3.8, 4) is 5.75 Å². The van der Waals surface area contributed by atoms with Gasteiger partial charge in [-0.05, 0) is 54.2 Å². The molecule has 1 aliphatic rings. The van der Waals surface area contributed by atoms with E-state index in [-0.39, 0.29) is 0 Å². The minimum atomic E-state index is 0.583. The normalized spacial score (nSPS) is 16.5. The van der Waals surface area contributed by atoms with Crippen molar-refractivity contribution < 1.29 is 4.74 Å². The minimum Gasteiger partial charge on any atom is -0.494 e. The largest absolute Gasteiger partial charge is 0.494 e. The third-order valence-corrected chi connectivity index (χ3v) is 4.81. The van der Waals surface area contributed by atoms with E-state index >= 15 is 0 Å². The van der Waals surface area contributed by atoms with E-state index in [0.29, 0.717) is 11.3 Å². The van der Waals surface area contributed by atoms with Crippen LogP contribution < -0.4 is 10.1 Å². The SMILES string of the molecule is CC(C)CCOc1ccc(CNCC2(C(C)C)CC2)cc1. The van der Waals surface area contributed by atoms with Gasteiger partial charge in [-0.15, -0.1) is 0 Å². The maximum atomic E-state index is 5.75. The van der Waals surface area contributed by atoms with Crippen molar-refractivity contribution in [1.82, 2.24) is 5.32 Å². The average Bonchev–Trinajstić information content (AvgIpc) is 3.21. The third-order valence-electron chi connectivity index (χ3n) is 4.81. The molecule has 2 rings (SSSR count). The molecule has 0 unspecified atom stereocenters. The first-order chi connectivity index (χ1) is 10.0. The van der Waals surface area contributed by atoms with E-state index in [0.717, 1.165) is 37.8 Å². The molecular weight excluding hydrogens is 258 g/mol. The van der Waals surface area contributed by atoms with E-state index in [1.54, 1.807) is 0 Å². The molecule has 0 spiro atoms. The molecule has 0 aromatic heterocycles. The molecule has 1 saturated carbocycles. The van der Waals surface area contributed by atoms with Crippen molar-refractivity contribution in [1.29, 1.82) is 0 Å². The molecule has 0 aliphatic heterocycles. The van der Waals surface area contributed by atoms with Gasteiger partial charge in [0.25, 0.3) is 0 Å². The lowest BCUT2D eigenvalue weighted by atomic mass is 9.92. The number of ether oxygens (including phenoxy) is 1. The highest BCUT2D eigenvalue weighted by atomic mass is 16.5. The highest BCUT2D eigenvalue weighted by Gasteiger charge is 2.44. The van der Waals surface area contributed by atoms with Crippen molar-refractivity contribution in [2.75, 3.05) is 13.2 Å². The van der Waals surface area contributed by atoms with Crippen molar-refractivity contribution in [2.24, 2.45) is 17.3 Å². The summed E-state index contributed by atoms with van der Waals surface area (Å²) < 4.78 is 5.75. The molecule has 1 aromatic carbocycles. The first-order valence-corrected chi connectivity index (χ1v) is 8.44. The molecule has 118 valence electrons. The smallest absolute Gasteiger partial charge is 0.119 e. The van der Waals surface area contributed by atoms with Crippen LogP contribution in [0.3, 0.4) is 0 Å². The first-order valence-electron chi connectivity index (χ1n) is 8.44. The minimum absolute atomic E-state index is 0.583. The molecule has 2 heteroatoms. The zero-order valence-electron chi connectivity index (χ0n) is 14.1. The Kier molecular flexibility index (Phi) is 5.69. The van der Waals surface area contributed by atoms with Gasteiger partial charge in [-0.1, -0.05) is 39.8 Å². The lowest BCUT2D eigenvalue weighted by molar-refractivity contribution is 0.289. The second-order valence-corrected chi connectivity index (χ2v) is 7.30. The van der Waals surface area contributed by atoms with Crippen LogP contribution in [0.1, 0.15) is 52.5 Å². The molecule has 2 nitrogen and oxygen atoms in total. The van der Waals surface area contributed by atoms with E-state index in [1.807, 2.05) is 0 Å². The fourth-order valence-electron chi connectivity index (χ4n) is 2.69. The molecule has 0 heterocycles. The summed E-state index contributed by atoms with van der Waals surface area (Å²) in [6.07, 6.45) is 3.89. The van der Waals surface area contributed by atoms with Crippen LogP contribution in [0.2, 0.25) is 0 Å². The fourth-order valence-corrected chi connectivity index (χ4v) is 2.69. The summed E-state index contributed by atoms with van der Waals surface area (Å²) in [5, 5.41) is 3.62. The fraction of sp³-hybridized carbons (Fsp3) is 0.684. The number of nitrogens with one attached hydrogen (secondary N) is 1. The number of hydrogen-bond donors (Lipinski definition) is 1. The maximum absolute atomic E-state index is 5.75. The standard InChI is InChI=1S/C19H31NO/c1-15(2)9-12-21-18-7-5-17(6-8-18)13-20-14-19(10-11-19)16(3)4/h5-8,15-16,20H,9-14H2,1-4H3. The Labute approximate surface area is 130 Å². The Morgan fingerprint density at radius 2 is 1.76 bits per heavy atom. The number of benzene rings is 1. The maximum Gasteiger partial charge on any atom is 0.119 e. The Balaban J connectivity index is 1.70. The Morgan fingerprint density at radius 1 is 1.10 bits per heavy atom. The third kappa shape index (κ3) is 5.03. The summed E-state index contributed by atoms with van der Waals surface area (Å²) in [5.74, 6) is 2.48. The van der Waals surface area contributed by atoms with Crippen LogP contribution in [-0.4, -0.2) is 13.2 Å². The first kappa shape index (κ1) is 16.4. The lowest BCUT2D eigenvalue weighted by Crippen LogP contribution is -2.27. The lowest BCUT2D eigenvalue weighted by Gasteiger charge is -2.20. The molecular formula is C19H31NO. The van der Waals surface area contributed by atoms with Crippen LogP contribution in [0.25, 0.3) is 0 Å². The highest BCUT2D eigenvalue weighted by Crippen LogP contribution is 2.51. The second-order valence-electron chi connectivity index (χ2n) is 7.30. The van der Waals surface area contributed by atoms with Gasteiger partial charge >= 0.3 is 0 Å². The van der Waals surface area contributed by atoms with Crippen molar-refractivity contribution in [3.63, 3.8) is 0 Å². The Bertz CT molecular complexity index is 418. The quantitative estimate of drug-likeness (QED) is 0.715. The van der Waals surface area contributed by atoms with Crippen LogP contribution in [0.15, 0.2) is 24.3 Å². The van der Waals surface area contributed by atoms with Crippen molar-refractivity contribution in [3.05, 3.63) is 29.8 Å². The molecule has 0 radical (unpaired) electrons. The highest BCUT2D eigenvalue weighted by molar-refractivity contribution is 5.27. The van der Waals surface area contributed by atoms with E-state index in [9.17, 15) is 0 Å². The van der Waals surface area contributed by atoms with Crippen molar-refractivity contribution in [2.45, 2.75) is 53.5 Å². The number of rotatable bonds is 9. The predicted molar refractivity (Wildman–Crippen MR) is 89.6 cm³/mol. The molecule has 21 heavy (non-hydrogen) atoms. The second kappa shape index (κ2) is 7.31. The number of hydrogen-bond acceptors (Lipinski definition) is 2. The van der Waals surface area contributed by atoms with Crippen LogP contribution in [0.4, 0.5) is 0 Å². The summed E-state index contributed by atoms with van der Waals surface area (Å²) in [6, 6.07) is 8.53. The van der Waals surface area contributed by atoms with E-state index in [2.05, 4.69) is 57.3 Å². The topological polar surface area (TPSA) is 21.3 Å². The zero-order valence-corrected chi connectivity index (χ0v) is 14.1. The van der Waals surface area contributed by atoms with Gasteiger partial charge in [-0.25, -0.2) is 0 Å². The van der Waals surface area contributed by atoms with Crippen molar-refractivity contribution >= 4 is 0 Å². The summed E-state index contributed by atoms with van der Waals surface area (Å²) in [5.41, 5.74) is 1.92. The van der Waals surface area contributed by atoms with Gasteiger partial charge in [0.05, 0.1) is 6.61 Å². The zero-order chi connectivity index (χ0) is 15.3. The van der Waals surface area contributed by atoms with Gasteiger partial charge < -0.3 is 10.1 Å². The van der Waals surface area contributed by atoms with Gasteiger partial charge in [0.2, 0.25) is 0 Å². The molecule has 1 aliphatic carbocycles. The van der Waals surface area contributed by atoms with Gasteiger partial charge in [-0.2, -0.15) is 0 Å². The summed E-state index contributed by atoms with van der Waals surface area (Å²) in [6.45, 7) is 12.1. The predicted octanol–water partition coefficient (Wildman–Crippen LogP) is 4.64. The molecule has 0 saturated heterocycles. The van der Waals surface area contributed by atoms with Crippen LogP contribution >= 0.6 is 0 Å². The molecule has 0 amide bonds. The van der Waals surface area contributed by atoms with E-state index in [4.69, 9.17) is 4.74 Å². The summed E-state index contributed by atoms with van der Waals surface area (Å²) >= 11 is 0. The molecule has 0 atom stereocenters.